The molecule has 25 heavy (non-hydrogen) atoms. The summed E-state index contributed by atoms with van der Waals surface area (Å²) in [4.78, 5) is 12.2. The zero-order valence-corrected chi connectivity index (χ0v) is 14.4. The van der Waals surface area contributed by atoms with Gasteiger partial charge in [-0.25, -0.2) is 9.48 Å². The molecule has 0 spiro atoms. The third-order valence-electron chi connectivity index (χ3n) is 4.12. The molecule has 3 aromatic rings. The van der Waals surface area contributed by atoms with Gasteiger partial charge >= 0.3 is 6.03 Å². The number of carbonyl (C=O) groups is 1. The average molecular weight is 334 g/mol. The molecule has 5 heteroatoms. The number of carbonyl (C=O) groups excluding carboxylic acids is 1. The van der Waals surface area contributed by atoms with Crippen molar-refractivity contribution >= 4 is 11.7 Å². The first-order valence-corrected chi connectivity index (χ1v) is 8.34. The second-order valence-electron chi connectivity index (χ2n) is 6.08. The molecular weight excluding hydrogens is 312 g/mol. The summed E-state index contributed by atoms with van der Waals surface area (Å²) in [7, 11) is 0. The molecule has 1 heterocycles. The number of aromatic nitrogens is 2. The maximum Gasteiger partial charge on any atom is 0.319 e. The minimum atomic E-state index is -0.211. The van der Waals surface area contributed by atoms with Gasteiger partial charge in [0.25, 0.3) is 0 Å². The number of amides is 2. The van der Waals surface area contributed by atoms with Crippen molar-refractivity contribution in [3.05, 3.63) is 78.1 Å². The van der Waals surface area contributed by atoms with E-state index in [1.165, 1.54) is 5.56 Å². The summed E-state index contributed by atoms with van der Waals surface area (Å²) >= 11 is 0. The Morgan fingerprint density at radius 2 is 1.92 bits per heavy atom. The van der Waals surface area contributed by atoms with Crippen LogP contribution < -0.4 is 10.6 Å². The minimum absolute atomic E-state index is 0.211. The van der Waals surface area contributed by atoms with Crippen LogP contribution in [0, 0.1) is 6.92 Å². The highest BCUT2D eigenvalue weighted by Crippen LogP contribution is 2.16. The van der Waals surface area contributed by atoms with Crippen LogP contribution in [0.1, 0.15) is 24.1 Å². The molecule has 1 aromatic heterocycles. The fraction of sp³-hybridized carbons (Fsp3) is 0.200. The van der Waals surface area contributed by atoms with Gasteiger partial charge in [-0.1, -0.05) is 43.3 Å². The van der Waals surface area contributed by atoms with E-state index >= 15 is 0 Å². The van der Waals surface area contributed by atoms with Gasteiger partial charge in [-0.3, -0.25) is 0 Å². The van der Waals surface area contributed by atoms with E-state index in [2.05, 4.69) is 34.8 Å². The monoisotopic (exact) mass is 334 g/mol. The van der Waals surface area contributed by atoms with Crippen molar-refractivity contribution in [3.8, 4) is 5.69 Å². The Hall–Kier alpha value is -3.08. The predicted octanol–water partition coefficient (Wildman–Crippen LogP) is 4.11. The topological polar surface area (TPSA) is 59.0 Å². The molecule has 5 nitrogen and oxygen atoms in total. The second kappa shape index (κ2) is 7.66. The molecule has 1 unspecified atom stereocenters. The van der Waals surface area contributed by atoms with Gasteiger partial charge in [-0.15, -0.1) is 0 Å². The van der Waals surface area contributed by atoms with Crippen LogP contribution >= 0.6 is 0 Å². The number of hydrogen-bond donors (Lipinski definition) is 2. The van der Waals surface area contributed by atoms with Crippen LogP contribution in [0.25, 0.3) is 5.69 Å². The number of urea groups is 1. The zero-order chi connectivity index (χ0) is 17.6. The van der Waals surface area contributed by atoms with E-state index in [1.54, 1.807) is 6.20 Å². The number of benzene rings is 2. The lowest BCUT2D eigenvalue weighted by molar-refractivity contribution is 0.251. The van der Waals surface area contributed by atoms with Gasteiger partial charge < -0.3 is 10.6 Å². The summed E-state index contributed by atoms with van der Waals surface area (Å²) in [5.74, 6) is 0.255. The van der Waals surface area contributed by atoms with Crippen molar-refractivity contribution in [1.82, 2.24) is 15.1 Å². The van der Waals surface area contributed by atoms with Crippen molar-refractivity contribution in [2.24, 2.45) is 0 Å². The van der Waals surface area contributed by atoms with Crippen LogP contribution in [0.15, 0.2) is 66.9 Å². The first-order valence-electron chi connectivity index (χ1n) is 8.34. The van der Waals surface area contributed by atoms with E-state index < -0.39 is 0 Å². The number of anilines is 1. The molecule has 128 valence electrons. The van der Waals surface area contributed by atoms with Crippen LogP contribution in [0.5, 0.6) is 0 Å². The molecule has 0 aliphatic carbocycles. The first-order chi connectivity index (χ1) is 12.1. The highest BCUT2D eigenvalue weighted by Gasteiger charge is 2.08. The minimum Gasteiger partial charge on any atom is -0.337 e. The summed E-state index contributed by atoms with van der Waals surface area (Å²) in [5.41, 5.74) is 3.90. The number of rotatable bonds is 5. The molecular formula is C20H22N4O. The van der Waals surface area contributed by atoms with Crippen molar-refractivity contribution in [2.45, 2.75) is 19.8 Å². The second-order valence-corrected chi connectivity index (χ2v) is 6.08. The summed E-state index contributed by atoms with van der Waals surface area (Å²) in [6, 6.07) is 19.5. The van der Waals surface area contributed by atoms with Gasteiger partial charge in [0.15, 0.2) is 0 Å². The van der Waals surface area contributed by atoms with E-state index in [9.17, 15) is 4.79 Å². The van der Waals surface area contributed by atoms with E-state index in [-0.39, 0.29) is 11.9 Å². The maximum atomic E-state index is 12.2. The fourth-order valence-corrected chi connectivity index (χ4v) is 2.68. The van der Waals surface area contributed by atoms with Crippen LogP contribution in [0.2, 0.25) is 0 Å². The third kappa shape index (κ3) is 4.26. The normalized spacial score (nSPS) is 11.8. The molecule has 2 aromatic carbocycles. The highest BCUT2D eigenvalue weighted by molar-refractivity contribution is 5.89. The Bertz CT molecular complexity index is 842. The lowest BCUT2D eigenvalue weighted by Gasteiger charge is -2.14. The average Bonchev–Trinajstić information content (AvgIpc) is 3.06. The maximum absolute atomic E-state index is 12.2. The standard InChI is InChI=1S/C20H22N4O/c1-15(17-7-4-3-5-8-17)14-21-20(25)23-18-9-6-10-19(13-18)24-16(2)11-12-22-24/h3-13,15H,14H2,1-2H3,(H2,21,23,25). The van der Waals surface area contributed by atoms with Gasteiger partial charge in [0.1, 0.15) is 0 Å². The van der Waals surface area contributed by atoms with Gasteiger partial charge in [-0.2, -0.15) is 5.10 Å². The van der Waals surface area contributed by atoms with Gasteiger partial charge in [0.2, 0.25) is 0 Å². The van der Waals surface area contributed by atoms with Crippen LogP contribution in [-0.4, -0.2) is 22.4 Å². The summed E-state index contributed by atoms with van der Waals surface area (Å²) in [6.45, 7) is 4.66. The predicted molar refractivity (Wildman–Crippen MR) is 100 cm³/mol. The Morgan fingerprint density at radius 1 is 1.12 bits per heavy atom. The van der Waals surface area contributed by atoms with Crippen molar-refractivity contribution < 1.29 is 4.79 Å². The summed E-state index contributed by atoms with van der Waals surface area (Å²) in [5, 5.41) is 10.1. The first kappa shape index (κ1) is 16.8. The number of hydrogen-bond acceptors (Lipinski definition) is 2. The third-order valence-corrected chi connectivity index (χ3v) is 4.12. The Balaban J connectivity index is 1.59. The van der Waals surface area contributed by atoms with E-state index in [0.29, 0.717) is 6.54 Å². The Labute approximate surface area is 147 Å². The van der Waals surface area contributed by atoms with Gasteiger partial charge in [0, 0.05) is 24.1 Å². The quantitative estimate of drug-likeness (QED) is 0.738. The molecule has 2 amide bonds. The molecule has 0 saturated carbocycles. The molecule has 0 fully saturated rings. The SMILES string of the molecule is Cc1ccnn1-c1cccc(NC(=O)NCC(C)c2ccccc2)c1. The van der Waals surface area contributed by atoms with Gasteiger partial charge in [-0.05, 0) is 42.7 Å². The molecule has 0 radical (unpaired) electrons. The van der Waals surface area contributed by atoms with E-state index in [1.807, 2.05) is 60.1 Å². The van der Waals surface area contributed by atoms with Crippen molar-refractivity contribution in [2.75, 3.05) is 11.9 Å². The molecule has 0 bridgehead atoms. The zero-order valence-electron chi connectivity index (χ0n) is 14.4. The Morgan fingerprint density at radius 3 is 2.64 bits per heavy atom. The van der Waals surface area contributed by atoms with Crippen LogP contribution in [0.4, 0.5) is 10.5 Å². The molecule has 2 N–H and O–H groups in total. The summed E-state index contributed by atoms with van der Waals surface area (Å²) in [6.07, 6.45) is 1.76. The number of nitrogens with zero attached hydrogens (tertiary/aromatic N) is 2. The smallest absolute Gasteiger partial charge is 0.319 e. The molecule has 0 aliphatic rings. The van der Waals surface area contributed by atoms with Crippen molar-refractivity contribution in [3.63, 3.8) is 0 Å². The molecule has 0 saturated heterocycles. The molecule has 0 aliphatic heterocycles. The van der Waals surface area contributed by atoms with E-state index in [0.717, 1.165) is 17.1 Å². The number of nitrogens with one attached hydrogen (secondary N) is 2. The van der Waals surface area contributed by atoms with Crippen molar-refractivity contribution in [1.29, 1.82) is 0 Å². The van der Waals surface area contributed by atoms with E-state index in [4.69, 9.17) is 0 Å². The van der Waals surface area contributed by atoms with Crippen LogP contribution in [0.3, 0.4) is 0 Å². The summed E-state index contributed by atoms with van der Waals surface area (Å²) < 4.78 is 1.83. The van der Waals surface area contributed by atoms with Crippen LogP contribution in [-0.2, 0) is 0 Å². The lowest BCUT2D eigenvalue weighted by atomic mass is 10.0. The fourth-order valence-electron chi connectivity index (χ4n) is 2.68. The Kier molecular flexibility index (Phi) is 5.14. The molecule has 1 atom stereocenters. The largest absolute Gasteiger partial charge is 0.337 e. The lowest BCUT2D eigenvalue weighted by Crippen LogP contribution is -2.31. The molecule has 3 rings (SSSR count). The van der Waals surface area contributed by atoms with Gasteiger partial charge in [0.05, 0.1) is 5.69 Å². The number of aryl methyl sites for hydroxylation is 1. The highest BCUT2D eigenvalue weighted by atomic mass is 16.2.